The van der Waals surface area contributed by atoms with E-state index in [1.54, 1.807) is 32.0 Å². The second-order valence-corrected chi connectivity index (χ2v) is 9.48. The molecule has 1 aliphatic rings. The van der Waals surface area contributed by atoms with Crippen molar-refractivity contribution in [2.45, 2.75) is 24.8 Å². The van der Waals surface area contributed by atoms with Crippen LogP contribution in [0.2, 0.25) is 0 Å². The van der Waals surface area contributed by atoms with E-state index in [2.05, 4.69) is 10.2 Å². The summed E-state index contributed by atoms with van der Waals surface area (Å²) in [5.41, 5.74) is 1.03. The van der Waals surface area contributed by atoms with Crippen LogP contribution in [0.4, 0.5) is 4.39 Å². The first-order valence-electron chi connectivity index (χ1n) is 10.8. The lowest BCUT2D eigenvalue weighted by molar-refractivity contribution is 0.0162. The van der Waals surface area contributed by atoms with Crippen LogP contribution < -0.4 is 5.32 Å². The molecule has 1 saturated heterocycles. The van der Waals surface area contributed by atoms with Crippen LogP contribution in [0.3, 0.4) is 0 Å². The van der Waals surface area contributed by atoms with Crippen molar-refractivity contribution >= 4 is 15.9 Å². The number of carbonyl (C=O) groups excluding carboxylic acids is 1. The van der Waals surface area contributed by atoms with Crippen LogP contribution in [0, 0.1) is 5.82 Å². The van der Waals surface area contributed by atoms with E-state index in [1.165, 1.54) is 28.6 Å². The van der Waals surface area contributed by atoms with E-state index in [9.17, 15) is 17.6 Å². The summed E-state index contributed by atoms with van der Waals surface area (Å²) in [5, 5.41) is 2.90. The van der Waals surface area contributed by atoms with E-state index in [-0.39, 0.29) is 34.8 Å². The molecule has 0 aliphatic carbocycles. The number of halogens is 1. The van der Waals surface area contributed by atoms with Gasteiger partial charge in [0.15, 0.2) is 0 Å². The number of nitrogens with one attached hydrogen (secondary N) is 1. The Hall–Kier alpha value is -2.33. The zero-order valence-corrected chi connectivity index (χ0v) is 19.3. The van der Waals surface area contributed by atoms with Gasteiger partial charge >= 0.3 is 0 Å². The first-order chi connectivity index (χ1) is 15.4. The van der Waals surface area contributed by atoms with Crippen molar-refractivity contribution < 1.29 is 22.3 Å². The minimum atomic E-state index is -3.66. The van der Waals surface area contributed by atoms with Crippen molar-refractivity contribution in [3.05, 3.63) is 65.5 Å². The van der Waals surface area contributed by atoms with E-state index in [0.29, 0.717) is 39.4 Å². The molecule has 7 nitrogen and oxygen atoms in total. The molecule has 1 unspecified atom stereocenters. The van der Waals surface area contributed by atoms with E-state index in [1.807, 2.05) is 6.07 Å². The fourth-order valence-electron chi connectivity index (χ4n) is 3.86. The lowest BCUT2D eigenvalue weighted by Gasteiger charge is -2.35. The molecule has 1 heterocycles. The van der Waals surface area contributed by atoms with Crippen molar-refractivity contribution in [3.63, 3.8) is 0 Å². The molecular formula is C23H30FN3O4S. The van der Waals surface area contributed by atoms with Gasteiger partial charge in [-0.3, -0.25) is 9.69 Å². The molecule has 1 fully saturated rings. The number of rotatable bonds is 9. The maximum Gasteiger partial charge on any atom is 0.251 e. The van der Waals surface area contributed by atoms with E-state index in [0.717, 1.165) is 5.56 Å². The summed E-state index contributed by atoms with van der Waals surface area (Å²) in [6.07, 6.45) is 0. The SMILES string of the molecule is CCN(CC)S(=O)(=O)c1cccc(C(=O)NCC(c2cccc(F)c2)N2CCOCC2)c1. The number of hydrogen-bond donors (Lipinski definition) is 1. The highest BCUT2D eigenvalue weighted by Gasteiger charge is 2.25. The van der Waals surface area contributed by atoms with E-state index < -0.39 is 10.0 Å². The maximum absolute atomic E-state index is 13.8. The van der Waals surface area contributed by atoms with Gasteiger partial charge in [-0.1, -0.05) is 32.0 Å². The number of amides is 1. The minimum Gasteiger partial charge on any atom is -0.379 e. The first-order valence-corrected chi connectivity index (χ1v) is 12.3. The maximum atomic E-state index is 13.8. The fraction of sp³-hybridized carbons (Fsp3) is 0.435. The van der Waals surface area contributed by atoms with E-state index >= 15 is 0 Å². The second kappa shape index (κ2) is 11.0. The van der Waals surface area contributed by atoms with Gasteiger partial charge in [0.1, 0.15) is 5.82 Å². The van der Waals surface area contributed by atoms with Crippen LogP contribution in [0.15, 0.2) is 53.4 Å². The Morgan fingerprint density at radius 3 is 2.47 bits per heavy atom. The smallest absolute Gasteiger partial charge is 0.251 e. The van der Waals surface area contributed by atoms with Gasteiger partial charge in [0.2, 0.25) is 10.0 Å². The monoisotopic (exact) mass is 463 g/mol. The zero-order chi connectivity index (χ0) is 23.1. The topological polar surface area (TPSA) is 79.0 Å². The molecule has 1 atom stereocenters. The molecule has 1 aliphatic heterocycles. The molecule has 0 bridgehead atoms. The predicted molar refractivity (Wildman–Crippen MR) is 120 cm³/mol. The van der Waals surface area contributed by atoms with Crippen molar-refractivity contribution in [1.82, 2.24) is 14.5 Å². The third-order valence-corrected chi connectivity index (χ3v) is 7.66. The van der Waals surface area contributed by atoms with Gasteiger partial charge in [-0.05, 0) is 35.9 Å². The first kappa shape index (κ1) is 24.3. The average molecular weight is 464 g/mol. The van der Waals surface area contributed by atoms with Gasteiger partial charge in [0.05, 0.1) is 24.2 Å². The molecule has 1 amide bonds. The molecule has 0 saturated carbocycles. The second-order valence-electron chi connectivity index (χ2n) is 7.55. The highest BCUT2D eigenvalue weighted by molar-refractivity contribution is 7.89. The molecule has 32 heavy (non-hydrogen) atoms. The largest absolute Gasteiger partial charge is 0.379 e. The van der Waals surface area contributed by atoms with Crippen LogP contribution in [-0.2, 0) is 14.8 Å². The Balaban J connectivity index is 1.78. The van der Waals surface area contributed by atoms with Gasteiger partial charge in [-0.2, -0.15) is 4.31 Å². The molecule has 174 valence electrons. The quantitative estimate of drug-likeness (QED) is 0.619. The van der Waals surface area contributed by atoms with Crippen molar-refractivity contribution in [2.75, 3.05) is 45.9 Å². The van der Waals surface area contributed by atoms with Gasteiger partial charge in [-0.25, -0.2) is 12.8 Å². The summed E-state index contributed by atoms with van der Waals surface area (Å²) >= 11 is 0. The predicted octanol–water partition coefficient (Wildman–Crippen LogP) is 2.66. The van der Waals surface area contributed by atoms with Crippen LogP contribution in [0.5, 0.6) is 0 Å². The molecule has 0 spiro atoms. The van der Waals surface area contributed by atoms with Gasteiger partial charge < -0.3 is 10.1 Å². The third kappa shape index (κ3) is 5.72. The Morgan fingerprint density at radius 1 is 1.12 bits per heavy atom. The molecule has 2 aromatic carbocycles. The van der Waals surface area contributed by atoms with Crippen molar-refractivity contribution in [1.29, 1.82) is 0 Å². The highest BCUT2D eigenvalue weighted by Crippen LogP contribution is 2.23. The number of hydrogen-bond acceptors (Lipinski definition) is 5. The number of carbonyl (C=O) groups is 1. The van der Waals surface area contributed by atoms with Crippen molar-refractivity contribution in [2.24, 2.45) is 0 Å². The van der Waals surface area contributed by atoms with Crippen molar-refractivity contribution in [3.8, 4) is 0 Å². The van der Waals surface area contributed by atoms with E-state index in [4.69, 9.17) is 4.74 Å². The van der Waals surface area contributed by atoms with Gasteiger partial charge in [0, 0.05) is 38.3 Å². The zero-order valence-electron chi connectivity index (χ0n) is 18.5. The van der Waals surface area contributed by atoms with Crippen LogP contribution in [0.1, 0.15) is 35.8 Å². The van der Waals surface area contributed by atoms with Crippen LogP contribution in [0.25, 0.3) is 0 Å². The summed E-state index contributed by atoms with van der Waals surface area (Å²) in [5.74, 6) is -0.711. The Kier molecular flexibility index (Phi) is 8.36. The third-order valence-electron chi connectivity index (χ3n) is 5.62. The molecule has 3 rings (SSSR count). The highest BCUT2D eigenvalue weighted by atomic mass is 32.2. The summed E-state index contributed by atoms with van der Waals surface area (Å²) in [7, 11) is -3.66. The van der Waals surface area contributed by atoms with Gasteiger partial charge in [0.25, 0.3) is 5.91 Å². The number of morpholine rings is 1. The summed E-state index contributed by atoms with van der Waals surface area (Å²) in [6.45, 7) is 7.01. The molecule has 0 radical (unpaired) electrons. The lowest BCUT2D eigenvalue weighted by atomic mass is 10.0. The normalized spacial score (nSPS) is 16.1. The molecule has 9 heteroatoms. The van der Waals surface area contributed by atoms with Crippen LogP contribution in [-0.4, -0.2) is 69.5 Å². The fourth-order valence-corrected chi connectivity index (χ4v) is 5.37. The summed E-state index contributed by atoms with van der Waals surface area (Å²) < 4.78 is 46.2. The summed E-state index contributed by atoms with van der Waals surface area (Å²) in [6, 6.07) is 12.2. The molecular weight excluding hydrogens is 433 g/mol. The number of sulfonamides is 1. The molecule has 2 aromatic rings. The Labute approximate surface area is 189 Å². The molecule has 0 aromatic heterocycles. The average Bonchev–Trinajstić information content (AvgIpc) is 2.80. The Bertz CT molecular complexity index is 1020. The Morgan fingerprint density at radius 2 is 1.81 bits per heavy atom. The standard InChI is InChI=1S/C23H30FN3O4S/c1-3-27(4-2)32(29,30)21-10-6-8-19(16-21)23(28)25-17-22(26-11-13-31-14-12-26)18-7-5-9-20(24)15-18/h5-10,15-16,22H,3-4,11-14,17H2,1-2H3,(H,25,28). The van der Waals surface area contributed by atoms with Crippen LogP contribution >= 0.6 is 0 Å². The summed E-state index contributed by atoms with van der Waals surface area (Å²) in [4.78, 5) is 15.1. The number of nitrogens with zero attached hydrogens (tertiary/aromatic N) is 2. The number of ether oxygens (including phenoxy) is 1. The van der Waals surface area contributed by atoms with Gasteiger partial charge in [-0.15, -0.1) is 0 Å². The molecule has 1 N–H and O–H groups in total. The minimum absolute atomic E-state index is 0.0868. The lowest BCUT2D eigenvalue weighted by Crippen LogP contribution is -2.43. The number of benzene rings is 2.